The lowest BCUT2D eigenvalue weighted by Gasteiger charge is -2.45. The molecule has 2 aliphatic rings. The Labute approximate surface area is 162 Å². The van der Waals surface area contributed by atoms with Crippen LogP contribution in [0.15, 0.2) is 36.7 Å². The summed E-state index contributed by atoms with van der Waals surface area (Å²) >= 11 is 0. The lowest BCUT2D eigenvalue weighted by Crippen LogP contribution is -2.53. The number of H-pyrrole nitrogens is 1. The van der Waals surface area contributed by atoms with Crippen molar-refractivity contribution < 1.29 is 14.6 Å². The number of hydrogen-bond acceptors (Lipinski definition) is 5. The smallest absolute Gasteiger partial charge is 0.223 e. The Morgan fingerprint density at radius 2 is 2.18 bits per heavy atom. The molecule has 1 aromatic carbocycles. The molecule has 0 radical (unpaired) electrons. The number of benzene rings is 1. The molecule has 1 fully saturated rings. The lowest BCUT2D eigenvalue weighted by atomic mass is 9.85. The zero-order valence-corrected chi connectivity index (χ0v) is 15.8. The molecule has 28 heavy (non-hydrogen) atoms. The van der Waals surface area contributed by atoms with Crippen molar-refractivity contribution in [2.45, 2.75) is 44.4 Å². The summed E-state index contributed by atoms with van der Waals surface area (Å²) in [6.07, 6.45) is 3.97. The number of ether oxygens (including phenoxy) is 1. The van der Waals surface area contributed by atoms with Crippen molar-refractivity contribution in [1.29, 1.82) is 0 Å². The molecule has 1 unspecified atom stereocenters. The largest absolute Gasteiger partial charge is 0.485 e. The van der Waals surface area contributed by atoms with Gasteiger partial charge in [-0.2, -0.15) is 0 Å². The number of carbonyl (C=O) groups is 1. The molecule has 0 saturated carbocycles. The number of imidazole rings is 1. The minimum absolute atomic E-state index is 0.0768. The van der Waals surface area contributed by atoms with Crippen LogP contribution in [0.25, 0.3) is 22.4 Å². The van der Waals surface area contributed by atoms with Gasteiger partial charge in [0.2, 0.25) is 5.91 Å². The van der Waals surface area contributed by atoms with Crippen LogP contribution in [-0.2, 0) is 4.79 Å². The Kier molecular flexibility index (Phi) is 3.71. The standard InChI is InChI=1S/C21H22N4O3/c1-21(2)19(27)18(25-9-3-4-17(25)26)13-10-12(5-6-16(13)28-21)20-23-14-7-8-22-11-15(14)24-20/h5-8,10-11,18-19,27H,3-4,9H2,1-2H3,(H,23,24)/t18?,19-/m0/s1. The molecule has 0 aliphatic carbocycles. The van der Waals surface area contributed by atoms with Crippen molar-refractivity contribution >= 4 is 16.9 Å². The molecule has 1 amide bonds. The van der Waals surface area contributed by atoms with Gasteiger partial charge < -0.3 is 19.7 Å². The average Bonchev–Trinajstić information content (AvgIpc) is 3.28. The molecule has 4 heterocycles. The number of nitrogens with one attached hydrogen (secondary N) is 1. The first kappa shape index (κ1) is 17.2. The maximum absolute atomic E-state index is 12.5. The molecule has 1 saturated heterocycles. The van der Waals surface area contributed by atoms with Crippen LogP contribution in [0.3, 0.4) is 0 Å². The van der Waals surface area contributed by atoms with Gasteiger partial charge in [-0.1, -0.05) is 0 Å². The Morgan fingerprint density at radius 3 is 2.93 bits per heavy atom. The maximum atomic E-state index is 12.5. The zero-order chi connectivity index (χ0) is 19.5. The number of amides is 1. The number of aromatic amines is 1. The van der Waals surface area contributed by atoms with E-state index in [1.165, 1.54) is 0 Å². The Morgan fingerprint density at radius 1 is 1.32 bits per heavy atom. The van der Waals surface area contributed by atoms with Crippen LogP contribution in [0.5, 0.6) is 5.75 Å². The van der Waals surface area contributed by atoms with E-state index in [9.17, 15) is 9.90 Å². The van der Waals surface area contributed by atoms with E-state index < -0.39 is 17.7 Å². The quantitative estimate of drug-likeness (QED) is 0.715. The predicted molar refractivity (Wildman–Crippen MR) is 104 cm³/mol. The molecule has 2 atom stereocenters. The van der Waals surface area contributed by atoms with Crippen molar-refractivity contribution in [1.82, 2.24) is 19.9 Å². The SMILES string of the molecule is CC1(C)Oc2ccc(-c3nc4ccncc4[nH]3)cc2C(N2CCCC2=O)[C@@H]1O. The molecule has 0 bridgehead atoms. The average molecular weight is 378 g/mol. The van der Waals surface area contributed by atoms with Gasteiger partial charge in [-0.05, 0) is 44.5 Å². The van der Waals surface area contributed by atoms with E-state index in [1.807, 2.05) is 38.1 Å². The number of fused-ring (bicyclic) bond motifs is 2. The molecule has 2 aromatic heterocycles. The summed E-state index contributed by atoms with van der Waals surface area (Å²) in [5.41, 5.74) is 2.61. The van der Waals surface area contributed by atoms with Crippen molar-refractivity contribution in [2.24, 2.45) is 0 Å². The molecule has 7 heteroatoms. The van der Waals surface area contributed by atoms with Gasteiger partial charge in [-0.25, -0.2) is 4.98 Å². The summed E-state index contributed by atoms with van der Waals surface area (Å²) in [6, 6.07) is 7.24. The molecule has 5 rings (SSSR count). The number of carbonyl (C=O) groups excluding carboxylic acids is 1. The van der Waals surface area contributed by atoms with Gasteiger partial charge >= 0.3 is 0 Å². The van der Waals surface area contributed by atoms with Crippen LogP contribution in [-0.4, -0.2) is 49.1 Å². The van der Waals surface area contributed by atoms with E-state index in [2.05, 4.69) is 15.0 Å². The summed E-state index contributed by atoms with van der Waals surface area (Å²) < 4.78 is 6.08. The minimum Gasteiger partial charge on any atom is -0.485 e. The van der Waals surface area contributed by atoms with Gasteiger partial charge in [-0.3, -0.25) is 9.78 Å². The molecule has 3 aromatic rings. The number of aliphatic hydroxyl groups excluding tert-OH is 1. The van der Waals surface area contributed by atoms with Crippen LogP contribution in [0, 0.1) is 0 Å². The number of nitrogens with zero attached hydrogens (tertiary/aromatic N) is 3. The third-order valence-electron chi connectivity index (χ3n) is 5.72. The first-order chi connectivity index (χ1) is 13.4. The van der Waals surface area contributed by atoms with Crippen molar-refractivity contribution in [3.8, 4) is 17.1 Å². The third-order valence-corrected chi connectivity index (χ3v) is 5.72. The summed E-state index contributed by atoms with van der Waals surface area (Å²) in [7, 11) is 0. The van der Waals surface area contributed by atoms with E-state index in [0.29, 0.717) is 18.7 Å². The van der Waals surface area contributed by atoms with Gasteiger partial charge in [0.15, 0.2) is 0 Å². The second-order valence-corrected chi connectivity index (χ2v) is 8.02. The fourth-order valence-electron chi connectivity index (χ4n) is 4.21. The Hall–Kier alpha value is -2.93. The predicted octanol–water partition coefficient (Wildman–Crippen LogP) is 2.82. The lowest BCUT2D eigenvalue weighted by molar-refractivity contribution is -0.139. The van der Waals surface area contributed by atoms with Crippen LogP contribution in [0.4, 0.5) is 0 Å². The summed E-state index contributed by atoms with van der Waals surface area (Å²) in [5, 5.41) is 11.0. The highest BCUT2D eigenvalue weighted by molar-refractivity contribution is 5.80. The number of likely N-dealkylation sites (tertiary alicyclic amines) is 1. The van der Waals surface area contributed by atoms with E-state index in [-0.39, 0.29) is 5.91 Å². The number of aromatic nitrogens is 3. The molecule has 7 nitrogen and oxygen atoms in total. The van der Waals surface area contributed by atoms with Crippen molar-refractivity contribution in [2.75, 3.05) is 6.54 Å². The molecule has 2 N–H and O–H groups in total. The van der Waals surface area contributed by atoms with Gasteiger partial charge in [0.25, 0.3) is 0 Å². The number of rotatable bonds is 2. The fraction of sp³-hybridized carbons (Fsp3) is 0.381. The number of pyridine rings is 1. The second kappa shape index (κ2) is 6.04. The highest BCUT2D eigenvalue weighted by atomic mass is 16.5. The van der Waals surface area contributed by atoms with E-state index >= 15 is 0 Å². The van der Waals surface area contributed by atoms with Crippen LogP contribution in [0.2, 0.25) is 0 Å². The van der Waals surface area contributed by atoms with Gasteiger partial charge in [0, 0.05) is 30.3 Å². The zero-order valence-electron chi connectivity index (χ0n) is 15.8. The molecule has 144 valence electrons. The first-order valence-corrected chi connectivity index (χ1v) is 9.55. The highest BCUT2D eigenvalue weighted by Gasteiger charge is 2.47. The van der Waals surface area contributed by atoms with Crippen LogP contribution < -0.4 is 4.74 Å². The van der Waals surface area contributed by atoms with E-state index in [0.717, 1.165) is 34.4 Å². The molecular formula is C21H22N4O3. The van der Waals surface area contributed by atoms with Gasteiger partial charge in [0.1, 0.15) is 23.3 Å². The number of hydrogen-bond donors (Lipinski definition) is 2. The summed E-state index contributed by atoms with van der Waals surface area (Å²) in [5.74, 6) is 1.49. The monoisotopic (exact) mass is 378 g/mol. The summed E-state index contributed by atoms with van der Waals surface area (Å²) in [6.45, 7) is 4.36. The van der Waals surface area contributed by atoms with Gasteiger partial charge in [-0.15, -0.1) is 0 Å². The normalized spacial score (nSPS) is 23.7. The first-order valence-electron chi connectivity index (χ1n) is 9.55. The Bertz CT molecular complexity index is 1040. The van der Waals surface area contributed by atoms with Gasteiger partial charge in [0.05, 0.1) is 23.3 Å². The van der Waals surface area contributed by atoms with E-state index in [4.69, 9.17) is 4.74 Å². The van der Waals surface area contributed by atoms with Crippen molar-refractivity contribution in [3.05, 3.63) is 42.2 Å². The minimum atomic E-state index is -0.822. The second-order valence-electron chi connectivity index (χ2n) is 8.02. The molecule has 2 aliphatic heterocycles. The summed E-state index contributed by atoms with van der Waals surface area (Å²) in [4.78, 5) is 26.3. The Balaban J connectivity index is 1.63. The fourth-order valence-corrected chi connectivity index (χ4v) is 4.21. The number of aliphatic hydroxyl groups is 1. The molecular weight excluding hydrogens is 356 g/mol. The van der Waals surface area contributed by atoms with Crippen LogP contribution in [0.1, 0.15) is 38.3 Å². The third kappa shape index (κ3) is 2.57. The highest BCUT2D eigenvalue weighted by Crippen LogP contribution is 2.45. The maximum Gasteiger partial charge on any atom is 0.223 e. The van der Waals surface area contributed by atoms with Crippen molar-refractivity contribution in [3.63, 3.8) is 0 Å². The van der Waals surface area contributed by atoms with Crippen LogP contribution >= 0.6 is 0 Å². The topological polar surface area (TPSA) is 91.3 Å². The molecule has 0 spiro atoms. The van der Waals surface area contributed by atoms with E-state index in [1.54, 1.807) is 17.3 Å².